The van der Waals surface area contributed by atoms with E-state index < -0.39 is 10.0 Å². The van der Waals surface area contributed by atoms with Crippen LogP contribution in [0.25, 0.3) is 0 Å². The number of hydrogen-bond donors (Lipinski definition) is 1. The molecule has 3 aliphatic rings. The number of benzene rings is 1. The SMILES string of the molecule is CC1CN(C(=O)NC2CCN(S(=O)(=O)C3CC3)CC2)Cc2ccccc2O1. The molecule has 1 aliphatic carbocycles. The van der Waals surface area contributed by atoms with E-state index in [-0.39, 0.29) is 23.4 Å². The molecule has 0 bridgehead atoms. The van der Waals surface area contributed by atoms with Crippen LogP contribution in [0.3, 0.4) is 0 Å². The van der Waals surface area contributed by atoms with E-state index in [0.29, 0.717) is 39.0 Å². The molecule has 0 aromatic heterocycles. The molecule has 1 saturated heterocycles. The van der Waals surface area contributed by atoms with Crippen LogP contribution in [0.5, 0.6) is 5.75 Å². The fourth-order valence-corrected chi connectivity index (χ4v) is 5.71. The smallest absolute Gasteiger partial charge is 0.318 e. The highest BCUT2D eigenvalue weighted by molar-refractivity contribution is 7.90. The van der Waals surface area contributed by atoms with Crippen LogP contribution in [0.4, 0.5) is 4.79 Å². The molecule has 1 unspecified atom stereocenters. The minimum absolute atomic E-state index is 0.0119. The predicted octanol–water partition coefficient (Wildman–Crippen LogP) is 1.94. The fourth-order valence-electron chi connectivity index (χ4n) is 3.84. The first-order valence-electron chi connectivity index (χ1n) is 9.72. The van der Waals surface area contributed by atoms with E-state index in [0.717, 1.165) is 24.2 Å². The van der Waals surface area contributed by atoms with Gasteiger partial charge in [-0.3, -0.25) is 0 Å². The standard InChI is InChI=1S/C19H27N3O4S/c1-14-12-21(13-15-4-2-3-5-18(15)26-14)19(23)20-16-8-10-22(11-9-16)27(24,25)17-6-7-17/h2-5,14,16-17H,6-13H2,1H3,(H,20,23). The van der Waals surface area contributed by atoms with Crippen molar-refractivity contribution in [1.82, 2.24) is 14.5 Å². The highest BCUT2D eigenvalue weighted by atomic mass is 32.2. The normalized spacial score (nSPS) is 24.6. The average Bonchev–Trinajstić information content (AvgIpc) is 3.49. The third-order valence-electron chi connectivity index (χ3n) is 5.51. The van der Waals surface area contributed by atoms with Gasteiger partial charge in [0.1, 0.15) is 11.9 Å². The maximum atomic E-state index is 12.8. The zero-order valence-electron chi connectivity index (χ0n) is 15.6. The van der Waals surface area contributed by atoms with Gasteiger partial charge in [-0.15, -0.1) is 0 Å². The van der Waals surface area contributed by atoms with E-state index in [4.69, 9.17) is 4.74 Å². The molecule has 1 aromatic rings. The molecule has 1 atom stereocenters. The first-order valence-corrected chi connectivity index (χ1v) is 11.2. The molecule has 4 rings (SSSR count). The lowest BCUT2D eigenvalue weighted by atomic mass is 10.1. The number of nitrogens with one attached hydrogen (secondary N) is 1. The first kappa shape index (κ1) is 18.6. The number of ether oxygens (including phenoxy) is 1. The Balaban J connectivity index is 1.34. The third kappa shape index (κ3) is 4.06. The summed E-state index contributed by atoms with van der Waals surface area (Å²) in [5.74, 6) is 0.832. The highest BCUT2D eigenvalue weighted by Crippen LogP contribution is 2.32. The van der Waals surface area contributed by atoms with Crippen LogP contribution in [0.15, 0.2) is 24.3 Å². The monoisotopic (exact) mass is 393 g/mol. The minimum Gasteiger partial charge on any atom is -0.489 e. The van der Waals surface area contributed by atoms with E-state index in [2.05, 4.69) is 5.32 Å². The number of rotatable bonds is 3. The second-order valence-electron chi connectivity index (χ2n) is 7.78. The minimum atomic E-state index is -3.11. The molecule has 0 radical (unpaired) electrons. The number of carbonyl (C=O) groups excluding carboxylic acids is 1. The van der Waals surface area contributed by atoms with Gasteiger partial charge in [0.05, 0.1) is 18.3 Å². The lowest BCUT2D eigenvalue weighted by molar-refractivity contribution is 0.153. The van der Waals surface area contributed by atoms with Crippen LogP contribution in [0.2, 0.25) is 0 Å². The number of carbonyl (C=O) groups is 1. The molecule has 27 heavy (non-hydrogen) atoms. The summed E-state index contributed by atoms with van der Waals surface area (Å²) in [6.07, 6.45) is 2.82. The van der Waals surface area contributed by atoms with Crippen molar-refractivity contribution in [3.63, 3.8) is 0 Å². The van der Waals surface area contributed by atoms with E-state index in [9.17, 15) is 13.2 Å². The Kier molecular flexibility index (Phi) is 5.03. The first-order chi connectivity index (χ1) is 12.9. The summed E-state index contributed by atoms with van der Waals surface area (Å²) >= 11 is 0. The molecule has 7 nitrogen and oxygen atoms in total. The summed E-state index contributed by atoms with van der Waals surface area (Å²) in [7, 11) is -3.11. The summed E-state index contributed by atoms with van der Waals surface area (Å²) in [5, 5.41) is 2.93. The van der Waals surface area contributed by atoms with Crippen LogP contribution in [0, 0.1) is 0 Å². The number of fused-ring (bicyclic) bond motifs is 1. The molecule has 148 valence electrons. The molecular weight excluding hydrogens is 366 g/mol. The fraction of sp³-hybridized carbons (Fsp3) is 0.632. The van der Waals surface area contributed by atoms with Crippen molar-refractivity contribution in [3.8, 4) is 5.75 Å². The van der Waals surface area contributed by atoms with Crippen LogP contribution in [-0.2, 0) is 16.6 Å². The summed E-state index contributed by atoms with van der Waals surface area (Å²) in [6, 6.07) is 7.70. The summed E-state index contributed by atoms with van der Waals surface area (Å²) in [5.41, 5.74) is 1.00. The van der Waals surface area contributed by atoms with Gasteiger partial charge in [0, 0.05) is 24.7 Å². The molecule has 2 aliphatic heterocycles. The quantitative estimate of drug-likeness (QED) is 0.851. The van der Waals surface area contributed by atoms with Crippen molar-refractivity contribution < 1.29 is 17.9 Å². The zero-order chi connectivity index (χ0) is 19.0. The Bertz CT molecular complexity index is 801. The predicted molar refractivity (Wildman–Crippen MR) is 102 cm³/mol. The third-order valence-corrected chi connectivity index (χ3v) is 7.91. The van der Waals surface area contributed by atoms with Crippen molar-refractivity contribution in [2.75, 3.05) is 19.6 Å². The van der Waals surface area contributed by atoms with Gasteiger partial charge in [-0.25, -0.2) is 17.5 Å². The molecular formula is C19H27N3O4S. The van der Waals surface area contributed by atoms with Gasteiger partial charge in [-0.05, 0) is 38.7 Å². The van der Waals surface area contributed by atoms with Gasteiger partial charge in [-0.1, -0.05) is 18.2 Å². The Morgan fingerprint density at radius 2 is 1.85 bits per heavy atom. The Morgan fingerprint density at radius 3 is 2.56 bits per heavy atom. The van der Waals surface area contributed by atoms with Crippen molar-refractivity contribution in [1.29, 1.82) is 0 Å². The van der Waals surface area contributed by atoms with Gasteiger partial charge in [0.15, 0.2) is 0 Å². The Hall–Kier alpha value is -1.80. The van der Waals surface area contributed by atoms with Crippen LogP contribution < -0.4 is 10.1 Å². The second-order valence-corrected chi connectivity index (χ2v) is 10.00. The van der Waals surface area contributed by atoms with Gasteiger partial charge < -0.3 is 15.0 Å². The lowest BCUT2D eigenvalue weighted by Gasteiger charge is -2.33. The number of sulfonamides is 1. The van der Waals surface area contributed by atoms with Crippen molar-refractivity contribution in [3.05, 3.63) is 29.8 Å². The molecule has 2 heterocycles. The Morgan fingerprint density at radius 1 is 1.15 bits per heavy atom. The van der Waals surface area contributed by atoms with E-state index >= 15 is 0 Å². The van der Waals surface area contributed by atoms with Gasteiger partial charge in [0.2, 0.25) is 10.0 Å². The van der Waals surface area contributed by atoms with E-state index in [1.807, 2.05) is 31.2 Å². The van der Waals surface area contributed by atoms with E-state index in [1.165, 1.54) is 0 Å². The molecule has 1 saturated carbocycles. The molecule has 2 amide bonds. The van der Waals surface area contributed by atoms with Gasteiger partial charge >= 0.3 is 6.03 Å². The number of para-hydroxylation sites is 1. The maximum absolute atomic E-state index is 12.8. The number of hydrogen-bond acceptors (Lipinski definition) is 4. The molecule has 0 spiro atoms. The average molecular weight is 394 g/mol. The number of nitrogens with zero attached hydrogens (tertiary/aromatic N) is 2. The molecule has 1 aromatic carbocycles. The highest BCUT2D eigenvalue weighted by Gasteiger charge is 2.41. The van der Waals surface area contributed by atoms with Crippen molar-refractivity contribution in [2.24, 2.45) is 0 Å². The van der Waals surface area contributed by atoms with Crippen LogP contribution in [0.1, 0.15) is 38.2 Å². The zero-order valence-corrected chi connectivity index (χ0v) is 16.5. The van der Waals surface area contributed by atoms with Crippen molar-refractivity contribution >= 4 is 16.1 Å². The lowest BCUT2D eigenvalue weighted by Crippen LogP contribution is -2.51. The number of urea groups is 1. The Labute approximate surface area is 160 Å². The molecule has 2 fully saturated rings. The molecule has 8 heteroatoms. The summed E-state index contributed by atoms with van der Waals surface area (Å²) in [6.45, 7) is 3.98. The molecule has 1 N–H and O–H groups in total. The summed E-state index contributed by atoms with van der Waals surface area (Å²) in [4.78, 5) is 14.6. The number of amides is 2. The second kappa shape index (κ2) is 7.31. The largest absolute Gasteiger partial charge is 0.489 e. The summed E-state index contributed by atoms with van der Waals surface area (Å²) < 4.78 is 32.2. The van der Waals surface area contributed by atoms with Gasteiger partial charge in [-0.2, -0.15) is 0 Å². The maximum Gasteiger partial charge on any atom is 0.318 e. The topological polar surface area (TPSA) is 79.0 Å². The van der Waals surface area contributed by atoms with Crippen molar-refractivity contribution in [2.45, 2.75) is 56.5 Å². The van der Waals surface area contributed by atoms with Crippen LogP contribution in [-0.4, -0.2) is 60.7 Å². The number of piperidine rings is 1. The van der Waals surface area contributed by atoms with Gasteiger partial charge in [0.25, 0.3) is 0 Å². The van der Waals surface area contributed by atoms with Crippen LogP contribution >= 0.6 is 0 Å². The van der Waals surface area contributed by atoms with E-state index in [1.54, 1.807) is 9.21 Å².